The summed E-state index contributed by atoms with van der Waals surface area (Å²) in [4.78, 5) is 45.4. The predicted octanol–water partition coefficient (Wildman–Crippen LogP) is 8.39. The van der Waals surface area contributed by atoms with Crippen LogP contribution in [-0.2, 0) is 28.9 Å². The summed E-state index contributed by atoms with van der Waals surface area (Å²) in [6.07, 6.45) is 2.00. The van der Waals surface area contributed by atoms with Crippen LogP contribution in [0.3, 0.4) is 0 Å². The van der Waals surface area contributed by atoms with E-state index in [2.05, 4.69) is 31.2 Å². The van der Waals surface area contributed by atoms with E-state index >= 15 is 0 Å². The lowest BCUT2D eigenvalue weighted by molar-refractivity contribution is -0.119. The van der Waals surface area contributed by atoms with Crippen LogP contribution in [0, 0.1) is 5.82 Å². The maximum Gasteiger partial charge on any atom is 0.319 e. The van der Waals surface area contributed by atoms with Gasteiger partial charge in [0.1, 0.15) is 30.3 Å². The Hall–Kier alpha value is -6.48. The molecule has 0 radical (unpaired) electrons. The highest BCUT2D eigenvalue weighted by atomic mass is 35.5. The molecule has 16 heteroatoms. The summed E-state index contributed by atoms with van der Waals surface area (Å²) in [5.74, 6) is 0.671. The molecule has 4 amide bonds. The van der Waals surface area contributed by atoms with E-state index in [-0.39, 0.29) is 42.8 Å². The van der Waals surface area contributed by atoms with Crippen molar-refractivity contribution in [2.24, 2.45) is 0 Å². The Bertz CT molecular complexity index is 2510. The summed E-state index contributed by atoms with van der Waals surface area (Å²) in [7, 11) is 1.52. The van der Waals surface area contributed by atoms with Crippen LogP contribution in [0.25, 0.3) is 10.9 Å². The van der Waals surface area contributed by atoms with Crippen molar-refractivity contribution in [2.45, 2.75) is 19.4 Å². The van der Waals surface area contributed by atoms with Crippen molar-refractivity contribution in [1.82, 2.24) is 20.6 Å². The molecule has 0 saturated carbocycles. The standard InChI is InChI=1S/C42H35Cl2FN6O7/c1-55-35-21-33-29(40(48-23-47-33)50-32-6-3-5-30(43)39(32)45)20-36(35)57-17-16-56-15-14-25-10-11-27(19-31(25)44)49-42(54)46-22-24-8-12-28(13-9-24)58-34-7-2-4-26-18-37(52)51-41(53)38(26)34/h2-13,19-21,23H,14-18,22H2,1H3,(H2,46,49,54)(H,47,48,50)(H,51,52,53). The summed E-state index contributed by atoms with van der Waals surface area (Å²) in [5.41, 5.74) is 3.86. The minimum absolute atomic E-state index is 0.0147. The summed E-state index contributed by atoms with van der Waals surface area (Å²) in [5, 5.41) is 11.9. The fourth-order valence-electron chi connectivity index (χ4n) is 6.12. The highest BCUT2D eigenvalue weighted by molar-refractivity contribution is 6.31. The number of carbonyl (C=O) groups is 3. The van der Waals surface area contributed by atoms with E-state index in [1.165, 1.54) is 19.5 Å². The van der Waals surface area contributed by atoms with Crippen LogP contribution in [0.4, 0.5) is 26.4 Å². The Morgan fingerprint density at radius 1 is 0.879 bits per heavy atom. The highest BCUT2D eigenvalue weighted by Crippen LogP contribution is 2.36. The number of urea groups is 1. The van der Waals surface area contributed by atoms with Crippen LogP contribution in [0.1, 0.15) is 27.0 Å². The molecule has 7 rings (SSSR count). The van der Waals surface area contributed by atoms with Gasteiger partial charge in [-0.1, -0.05) is 59.6 Å². The predicted molar refractivity (Wildman–Crippen MR) is 217 cm³/mol. The lowest BCUT2D eigenvalue weighted by Crippen LogP contribution is -2.37. The highest BCUT2D eigenvalue weighted by Gasteiger charge is 2.26. The lowest BCUT2D eigenvalue weighted by atomic mass is 9.99. The number of methoxy groups -OCH3 is 1. The number of amides is 4. The molecule has 0 bridgehead atoms. The third-order valence-corrected chi connectivity index (χ3v) is 9.63. The van der Waals surface area contributed by atoms with Gasteiger partial charge in [-0.15, -0.1) is 0 Å². The molecule has 296 valence electrons. The zero-order valence-corrected chi connectivity index (χ0v) is 32.4. The Labute approximate surface area is 341 Å². The van der Waals surface area contributed by atoms with E-state index in [9.17, 15) is 18.8 Å². The van der Waals surface area contributed by atoms with Crippen LogP contribution in [0.2, 0.25) is 10.0 Å². The fraction of sp³-hybridized carbons (Fsp3) is 0.167. The number of anilines is 3. The number of nitrogens with zero attached hydrogens (tertiary/aromatic N) is 2. The van der Waals surface area contributed by atoms with Crippen LogP contribution < -0.4 is 35.5 Å². The zero-order chi connectivity index (χ0) is 40.6. The molecule has 0 atom stereocenters. The third kappa shape index (κ3) is 9.54. The summed E-state index contributed by atoms with van der Waals surface area (Å²) in [6, 6.07) is 25.1. The number of aromatic nitrogens is 2. The molecule has 4 N–H and O–H groups in total. The van der Waals surface area contributed by atoms with Crippen molar-refractivity contribution in [1.29, 1.82) is 0 Å². The molecular weight excluding hydrogens is 790 g/mol. The monoisotopic (exact) mass is 824 g/mol. The first-order valence-electron chi connectivity index (χ1n) is 18.0. The molecule has 0 saturated heterocycles. The topological polar surface area (TPSA) is 162 Å². The van der Waals surface area contributed by atoms with Crippen LogP contribution >= 0.6 is 23.2 Å². The van der Waals surface area contributed by atoms with E-state index in [4.69, 9.17) is 42.1 Å². The van der Waals surface area contributed by atoms with Crippen molar-refractivity contribution < 1.29 is 37.7 Å². The van der Waals surface area contributed by atoms with E-state index in [0.717, 1.165) is 11.1 Å². The molecule has 1 aliphatic heterocycles. The lowest BCUT2D eigenvalue weighted by Gasteiger charge is -2.18. The van der Waals surface area contributed by atoms with Gasteiger partial charge in [-0.3, -0.25) is 14.9 Å². The summed E-state index contributed by atoms with van der Waals surface area (Å²) < 4.78 is 37.8. The SMILES string of the molecule is COc1cc2ncnc(Nc3cccc(Cl)c3F)c2cc1OCCOCCc1ccc(NC(=O)NCc2ccc(Oc3cccc4c3C(=O)NC(=O)C4)cc2)cc1Cl. The number of rotatable bonds is 15. The van der Waals surface area contributed by atoms with Gasteiger partial charge in [0.25, 0.3) is 5.91 Å². The maximum absolute atomic E-state index is 14.6. The number of hydrogen-bond donors (Lipinski definition) is 4. The number of nitrogens with one attached hydrogen (secondary N) is 4. The second kappa shape index (κ2) is 18.2. The van der Waals surface area contributed by atoms with Gasteiger partial charge >= 0.3 is 6.03 Å². The van der Waals surface area contributed by atoms with E-state index in [1.807, 2.05) is 6.07 Å². The average molecular weight is 826 g/mol. The number of benzene rings is 5. The van der Waals surface area contributed by atoms with Gasteiger partial charge in [-0.05, 0) is 71.6 Å². The summed E-state index contributed by atoms with van der Waals surface area (Å²) in [6.45, 7) is 1.10. The second-order valence-corrected chi connectivity index (χ2v) is 13.7. The van der Waals surface area contributed by atoms with E-state index in [0.29, 0.717) is 74.6 Å². The second-order valence-electron chi connectivity index (χ2n) is 12.9. The van der Waals surface area contributed by atoms with Crippen molar-refractivity contribution in [3.8, 4) is 23.0 Å². The quantitative estimate of drug-likeness (QED) is 0.0585. The molecular formula is C42H35Cl2FN6O7. The average Bonchev–Trinajstić information content (AvgIpc) is 3.21. The fourth-order valence-corrected chi connectivity index (χ4v) is 6.57. The van der Waals surface area contributed by atoms with Crippen molar-refractivity contribution in [3.63, 3.8) is 0 Å². The van der Waals surface area contributed by atoms with Gasteiger partial charge < -0.3 is 34.9 Å². The van der Waals surface area contributed by atoms with Crippen LogP contribution in [0.5, 0.6) is 23.0 Å². The van der Waals surface area contributed by atoms with Crippen molar-refractivity contribution in [3.05, 3.63) is 135 Å². The van der Waals surface area contributed by atoms with Gasteiger partial charge in [0.15, 0.2) is 17.3 Å². The Morgan fingerprint density at radius 3 is 2.52 bits per heavy atom. The molecule has 5 aromatic carbocycles. The first-order chi connectivity index (χ1) is 28.1. The third-order valence-electron chi connectivity index (χ3n) is 8.99. The Balaban J connectivity index is 0.849. The minimum atomic E-state index is -0.595. The van der Waals surface area contributed by atoms with E-state index < -0.39 is 17.8 Å². The van der Waals surface area contributed by atoms with Gasteiger partial charge in [-0.2, -0.15) is 0 Å². The van der Waals surface area contributed by atoms with Crippen molar-refractivity contribution in [2.75, 3.05) is 37.6 Å². The molecule has 0 spiro atoms. The molecule has 13 nitrogen and oxygen atoms in total. The largest absolute Gasteiger partial charge is 0.493 e. The Morgan fingerprint density at radius 2 is 1.71 bits per heavy atom. The van der Waals surface area contributed by atoms with Gasteiger partial charge in [-0.25, -0.2) is 19.2 Å². The van der Waals surface area contributed by atoms with Gasteiger partial charge in [0.2, 0.25) is 5.91 Å². The molecule has 1 aliphatic rings. The molecule has 1 aromatic heterocycles. The number of imide groups is 1. The van der Waals surface area contributed by atoms with Crippen LogP contribution in [0.15, 0.2) is 97.3 Å². The number of hydrogen-bond acceptors (Lipinski definition) is 10. The van der Waals surface area contributed by atoms with E-state index in [1.54, 1.807) is 78.9 Å². The molecule has 6 aromatic rings. The Kier molecular flexibility index (Phi) is 12.5. The molecule has 58 heavy (non-hydrogen) atoms. The number of fused-ring (bicyclic) bond motifs is 2. The smallest absolute Gasteiger partial charge is 0.319 e. The maximum atomic E-state index is 14.6. The number of ether oxygens (including phenoxy) is 4. The summed E-state index contributed by atoms with van der Waals surface area (Å²) >= 11 is 12.5. The molecule has 0 unspecified atom stereocenters. The number of carbonyl (C=O) groups excluding carboxylic acids is 3. The molecule has 0 aliphatic carbocycles. The molecule has 2 heterocycles. The van der Waals surface area contributed by atoms with Gasteiger partial charge in [0, 0.05) is 28.7 Å². The normalized spacial score (nSPS) is 12.1. The zero-order valence-electron chi connectivity index (χ0n) is 30.9. The first-order valence-corrected chi connectivity index (χ1v) is 18.7. The first kappa shape index (κ1) is 39.7. The van der Waals surface area contributed by atoms with Crippen LogP contribution in [-0.4, -0.2) is 54.7 Å². The number of halogens is 3. The van der Waals surface area contributed by atoms with Gasteiger partial charge in [0.05, 0.1) is 48.5 Å². The minimum Gasteiger partial charge on any atom is -0.493 e. The van der Waals surface area contributed by atoms with Crippen molar-refractivity contribution >= 4 is 69.1 Å². The molecule has 0 fully saturated rings.